The number of hydrogen-bond acceptors (Lipinski definition) is 4. The highest BCUT2D eigenvalue weighted by molar-refractivity contribution is 5.96. The van der Waals surface area contributed by atoms with Gasteiger partial charge in [0.1, 0.15) is 11.6 Å². The summed E-state index contributed by atoms with van der Waals surface area (Å²) in [5.74, 6) is -3.82. The van der Waals surface area contributed by atoms with E-state index in [1.54, 1.807) is 19.1 Å². The molecule has 3 rings (SSSR count). The van der Waals surface area contributed by atoms with Gasteiger partial charge in [0.15, 0.2) is 0 Å². The normalized spacial score (nSPS) is 16.4. The fourth-order valence-electron chi connectivity index (χ4n) is 3.06. The van der Waals surface area contributed by atoms with E-state index in [4.69, 9.17) is 0 Å². The van der Waals surface area contributed by atoms with Gasteiger partial charge in [-0.25, -0.2) is 13.8 Å². The molecule has 0 saturated carbocycles. The Labute approximate surface area is 163 Å². The van der Waals surface area contributed by atoms with Crippen molar-refractivity contribution >= 4 is 17.4 Å². The summed E-state index contributed by atoms with van der Waals surface area (Å²) in [6.45, 7) is 1.28. The van der Waals surface area contributed by atoms with Crippen LogP contribution in [-0.4, -0.2) is 41.2 Å². The van der Waals surface area contributed by atoms with Gasteiger partial charge in [-0.15, -0.1) is 13.2 Å². The molecule has 0 unspecified atom stereocenters. The number of pyridine rings is 1. The average molecular weight is 415 g/mol. The van der Waals surface area contributed by atoms with E-state index in [0.717, 1.165) is 23.2 Å². The van der Waals surface area contributed by atoms with Gasteiger partial charge in [-0.1, -0.05) is 6.07 Å². The number of carbonyl (C=O) groups excluding carboxylic acids is 1. The van der Waals surface area contributed by atoms with Crippen molar-refractivity contribution in [3.63, 3.8) is 0 Å². The number of amides is 1. The van der Waals surface area contributed by atoms with Crippen LogP contribution in [0.15, 0.2) is 36.5 Å². The number of aryl methyl sites for hydroxylation is 1. The molecule has 1 saturated heterocycles. The molecule has 29 heavy (non-hydrogen) atoms. The molecule has 1 aliphatic heterocycles. The van der Waals surface area contributed by atoms with E-state index in [1.165, 1.54) is 6.07 Å². The predicted molar refractivity (Wildman–Crippen MR) is 95.5 cm³/mol. The van der Waals surface area contributed by atoms with Crippen LogP contribution in [0.25, 0.3) is 0 Å². The lowest BCUT2D eigenvalue weighted by Crippen LogP contribution is -2.45. The smallest absolute Gasteiger partial charge is 0.406 e. The maximum atomic E-state index is 13.6. The van der Waals surface area contributed by atoms with Gasteiger partial charge < -0.3 is 15.0 Å². The Morgan fingerprint density at radius 3 is 2.69 bits per heavy atom. The molecule has 0 atom stereocenters. The van der Waals surface area contributed by atoms with Crippen molar-refractivity contribution < 1.29 is 31.5 Å². The first-order chi connectivity index (χ1) is 13.5. The van der Waals surface area contributed by atoms with E-state index in [2.05, 4.69) is 15.0 Å². The highest BCUT2D eigenvalue weighted by atomic mass is 19.4. The van der Waals surface area contributed by atoms with Crippen molar-refractivity contribution in [3.05, 3.63) is 47.7 Å². The molecule has 0 spiro atoms. The van der Waals surface area contributed by atoms with Crippen LogP contribution in [0, 0.1) is 6.92 Å². The van der Waals surface area contributed by atoms with E-state index in [1.807, 2.05) is 0 Å². The maximum absolute atomic E-state index is 13.6. The molecule has 0 radical (unpaired) electrons. The Morgan fingerprint density at radius 1 is 1.24 bits per heavy atom. The van der Waals surface area contributed by atoms with Crippen molar-refractivity contribution in [2.45, 2.75) is 32.1 Å². The van der Waals surface area contributed by atoms with Crippen LogP contribution in [0.2, 0.25) is 0 Å². The zero-order chi connectivity index (χ0) is 21.2. The fraction of sp³-hybridized carbons (Fsp3) is 0.368. The Hall–Kier alpha value is -2.91. The van der Waals surface area contributed by atoms with Gasteiger partial charge in [-0.05, 0) is 37.1 Å². The standard InChI is InChI=1S/C19H18F5N3O2/c1-12-3-4-13(26-16-10-14(5-7-25-16)29-19(22,23)24)9-15(12)17(28)27-8-2-6-18(20,21)11-27/h3-5,7,9-10H,2,6,8,11H2,1H3,(H,25,26). The molecule has 10 heteroatoms. The molecule has 5 nitrogen and oxygen atoms in total. The van der Waals surface area contributed by atoms with E-state index in [0.29, 0.717) is 11.3 Å². The second kappa shape index (κ2) is 7.84. The first-order valence-corrected chi connectivity index (χ1v) is 8.79. The fourth-order valence-corrected chi connectivity index (χ4v) is 3.06. The third kappa shape index (κ3) is 5.55. The zero-order valence-electron chi connectivity index (χ0n) is 15.4. The second-order valence-corrected chi connectivity index (χ2v) is 6.77. The molecule has 2 aromatic rings. The minimum absolute atomic E-state index is 0.0681. The van der Waals surface area contributed by atoms with Crippen LogP contribution < -0.4 is 10.1 Å². The van der Waals surface area contributed by atoms with Crippen molar-refractivity contribution in [1.29, 1.82) is 0 Å². The number of anilines is 2. The average Bonchev–Trinajstić information content (AvgIpc) is 2.61. The number of nitrogens with one attached hydrogen (secondary N) is 1. The van der Waals surface area contributed by atoms with E-state index in [9.17, 15) is 26.7 Å². The number of benzene rings is 1. The number of ether oxygens (including phenoxy) is 1. The van der Waals surface area contributed by atoms with Crippen molar-refractivity contribution in [2.75, 3.05) is 18.4 Å². The first-order valence-electron chi connectivity index (χ1n) is 8.79. The summed E-state index contributed by atoms with van der Waals surface area (Å²) in [6.07, 6.45) is -3.73. The van der Waals surface area contributed by atoms with Gasteiger partial charge in [0.25, 0.3) is 11.8 Å². The molecule has 1 aromatic heterocycles. The number of likely N-dealkylation sites (tertiary alicyclic amines) is 1. The molecule has 1 amide bonds. The molecule has 1 aromatic carbocycles. The SMILES string of the molecule is Cc1ccc(Nc2cc(OC(F)(F)F)ccn2)cc1C(=O)N1CCCC(F)(F)C1. The number of halogens is 5. The lowest BCUT2D eigenvalue weighted by molar-refractivity contribution is -0.274. The Bertz CT molecular complexity index is 902. The summed E-state index contributed by atoms with van der Waals surface area (Å²) in [5, 5.41) is 2.79. The number of piperidine rings is 1. The second-order valence-electron chi connectivity index (χ2n) is 6.77. The topological polar surface area (TPSA) is 54.5 Å². The summed E-state index contributed by atoms with van der Waals surface area (Å²) >= 11 is 0. The largest absolute Gasteiger partial charge is 0.573 e. The van der Waals surface area contributed by atoms with Crippen molar-refractivity contribution in [3.8, 4) is 5.75 Å². The lowest BCUT2D eigenvalue weighted by Gasteiger charge is -2.32. The number of aromatic nitrogens is 1. The van der Waals surface area contributed by atoms with Crippen LogP contribution in [0.5, 0.6) is 5.75 Å². The van der Waals surface area contributed by atoms with Gasteiger partial charge in [0, 0.05) is 36.5 Å². The molecule has 156 valence electrons. The number of carbonyl (C=O) groups is 1. The number of rotatable bonds is 4. The van der Waals surface area contributed by atoms with Crippen LogP contribution >= 0.6 is 0 Å². The zero-order valence-corrected chi connectivity index (χ0v) is 15.4. The summed E-state index contributed by atoms with van der Waals surface area (Å²) in [7, 11) is 0. The molecule has 2 heterocycles. The van der Waals surface area contributed by atoms with Gasteiger partial charge in [-0.3, -0.25) is 4.79 Å². The molecular weight excluding hydrogens is 397 g/mol. The Morgan fingerprint density at radius 2 is 2.00 bits per heavy atom. The monoisotopic (exact) mass is 415 g/mol. The number of hydrogen-bond donors (Lipinski definition) is 1. The minimum atomic E-state index is -4.83. The third-order valence-electron chi connectivity index (χ3n) is 4.39. The first kappa shape index (κ1) is 20.8. The number of nitrogens with zero attached hydrogens (tertiary/aromatic N) is 2. The molecule has 1 aliphatic rings. The molecule has 0 bridgehead atoms. The summed E-state index contributed by atoms with van der Waals surface area (Å²) in [4.78, 5) is 17.8. The Kier molecular flexibility index (Phi) is 5.63. The highest BCUT2D eigenvalue weighted by Gasteiger charge is 2.37. The highest BCUT2D eigenvalue weighted by Crippen LogP contribution is 2.29. The minimum Gasteiger partial charge on any atom is -0.406 e. The molecule has 1 fully saturated rings. The van der Waals surface area contributed by atoms with Crippen LogP contribution in [-0.2, 0) is 0 Å². The van der Waals surface area contributed by atoms with Crippen LogP contribution in [0.3, 0.4) is 0 Å². The van der Waals surface area contributed by atoms with Gasteiger partial charge in [0.05, 0.1) is 6.54 Å². The van der Waals surface area contributed by atoms with E-state index in [-0.39, 0.29) is 30.8 Å². The van der Waals surface area contributed by atoms with Crippen LogP contribution in [0.4, 0.5) is 33.5 Å². The lowest BCUT2D eigenvalue weighted by atomic mass is 10.0. The van der Waals surface area contributed by atoms with E-state index >= 15 is 0 Å². The summed E-state index contributed by atoms with van der Waals surface area (Å²) in [5.41, 5.74) is 1.20. The molecule has 0 aliphatic carbocycles. The third-order valence-corrected chi connectivity index (χ3v) is 4.39. The predicted octanol–water partition coefficient (Wildman–Crippen LogP) is 4.90. The summed E-state index contributed by atoms with van der Waals surface area (Å²) in [6, 6.07) is 6.80. The van der Waals surface area contributed by atoms with Crippen molar-refractivity contribution in [2.24, 2.45) is 0 Å². The van der Waals surface area contributed by atoms with Gasteiger partial charge in [0.2, 0.25) is 0 Å². The van der Waals surface area contributed by atoms with Crippen LogP contribution in [0.1, 0.15) is 28.8 Å². The maximum Gasteiger partial charge on any atom is 0.573 e. The van der Waals surface area contributed by atoms with Gasteiger partial charge >= 0.3 is 6.36 Å². The van der Waals surface area contributed by atoms with Crippen molar-refractivity contribution in [1.82, 2.24) is 9.88 Å². The quantitative estimate of drug-likeness (QED) is 0.722. The van der Waals surface area contributed by atoms with E-state index < -0.39 is 30.5 Å². The number of alkyl halides is 5. The molecule has 1 N–H and O–H groups in total. The summed E-state index contributed by atoms with van der Waals surface area (Å²) < 4.78 is 68.2. The Balaban J connectivity index is 1.79. The van der Waals surface area contributed by atoms with Gasteiger partial charge in [-0.2, -0.15) is 0 Å². The molecular formula is C19H18F5N3O2.